The Morgan fingerprint density at radius 3 is 2.54 bits per heavy atom. The molecule has 1 fully saturated rings. The second-order valence-corrected chi connectivity index (χ2v) is 6.23. The van der Waals surface area contributed by atoms with Crippen LogP contribution in [0.2, 0.25) is 0 Å². The van der Waals surface area contributed by atoms with E-state index in [9.17, 15) is 22.4 Å². The lowest BCUT2D eigenvalue weighted by atomic mass is 9.97. The van der Waals surface area contributed by atoms with Crippen molar-refractivity contribution in [2.24, 2.45) is 5.73 Å². The van der Waals surface area contributed by atoms with E-state index in [1.807, 2.05) is 0 Å². The van der Waals surface area contributed by atoms with Gasteiger partial charge < -0.3 is 21.4 Å². The number of H-pyrrole nitrogens is 1. The molecule has 9 heteroatoms. The number of amides is 2. The van der Waals surface area contributed by atoms with E-state index < -0.39 is 23.7 Å². The predicted molar refractivity (Wildman–Crippen MR) is 91.3 cm³/mol. The van der Waals surface area contributed by atoms with Crippen LogP contribution in [0.25, 0.3) is 17.0 Å². The van der Waals surface area contributed by atoms with Crippen LogP contribution in [-0.2, 0) is 6.18 Å². The molecule has 1 aromatic heterocycles. The lowest BCUT2D eigenvalue weighted by Crippen LogP contribution is -2.23. The highest BCUT2D eigenvalue weighted by Crippen LogP contribution is 2.40. The van der Waals surface area contributed by atoms with Crippen LogP contribution in [0.15, 0.2) is 11.6 Å². The molecule has 1 aliphatic rings. The van der Waals surface area contributed by atoms with Gasteiger partial charge in [0.15, 0.2) is 0 Å². The summed E-state index contributed by atoms with van der Waals surface area (Å²) in [5, 5.41) is 5.44. The Morgan fingerprint density at radius 2 is 1.96 bits per heavy atom. The first-order chi connectivity index (χ1) is 12.2. The first-order valence-electron chi connectivity index (χ1n) is 8.07. The largest absolute Gasteiger partial charge is 0.431 e. The molecule has 2 heterocycles. The van der Waals surface area contributed by atoms with Crippen molar-refractivity contribution in [3.05, 3.63) is 34.3 Å². The number of primary amides is 1. The van der Waals surface area contributed by atoms with Crippen LogP contribution < -0.4 is 16.4 Å². The number of nitrogens with one attached hydrogen (secondary N) is 3. The number of carbonyl (C=O) groups excluding carboxylic acids is 1. The number of carbonyl (C=O) groups is 1. The highest BCUT2D eigenvalue weighted by Gasteiger charge is 2.36. The van der Waals surface area contributed by atoms with Gasteiger partial charge in [-0.15, -0.1) is 0 Å². The van der Waals surface area contributed by atoms with E-state index in [1.54, 1.807) is 6.08 Å². The van der Waals surface area contributed by atoms with Crippen molar-refractivity contribution < 1.29 is 22.4 Å². The number of alkyl halides is 3. The Labute approximate surface area is 146 Å². The van der Waals surface area contributed by atoms with Gasteiger partial charge in [-0.1, -0.05) is 11.6 Å². The third kappa shape index (κ3) is 3.39. The summed E-state index contributed by atoms with van der Waals surface area (Å²) in [6, 6.07) is -0.00705. The molecule has 1 saturated heterocycles. The zero-order valence-electron chi connectivity index (χ0n) is 14.0. The van der Waals surface area contributed by atoms with Crippen LogP contribution in [-0.4, -0.2) is 24.1 Å². The lowest BCUT2D eigenvalue weighted by Gasteiger charge is -2.16. The van der Waals surface area contributed by atoms with Crippen LogP contribution in [0.5, 0.6) is 0 Å². The normalized spacial score (nSPS) is 15.3. The van der Waals surface area contributed by atoms with E-state index in [1.165, 1.54) is 6.92 Å². The monoisotopic (exact) mass is 370 g/mol. The van der Waals surface area contributed by atoms with E-state index in [2.05, 4.69) is 15.6 Å². The number of benzene rings is 1. The van der Waals surface area contributed by atoms with Crippen molar-refractivity contribution in [2.45, 2.75) is 25.9 Å². The second kappa shape index (κ2) is 6.64. The zero-order valence-corrected chi connectivity index (χ0v) is 14.0. The molecular weight excluding hydrogens is 352 g/mol. The maximum Gasteiger partial charge on any atom is 0.431 e. The van der Waals surface area contributed by atoms with E-state index in [0.717, 1.165) is 24.7 Å². The molecule has 1 aliphatic heterocycles. The number of aromatic nitrogens is 1. The van der Waals surface area contributed by atoms with Crippen molar-refractivity contribution in [1.29, 1.82) is 0 Å². The summed E-state index contributed by atoms with van der Waals surface area (Å²) in [6.45, 7) is 2.75. The van der Waals surface area contributed by atoms with Gasteiger partial charge in [0.05, 0.1) is 11.2 Å². The Hall–Kier alpha value is -2.55. The number of hydrogen-bond acceptors (Lipinski definition) is 2. The van der Waals surface area contributed by atoms with Gasteiger partial charge in [-0.2, -0.15) is 13.2 Å². The van der Waals surface area contributed by atoms with Crippen LogP contribution in [0.1, 0.15) is 29.7 Å². The van der Waals surface area contributed by atoms with Gasteiger partial charge in [-0.3, -0.25) is 0 Å². The number of piperidine rings is 1. The Morgan fingerprint density at radius 1 is 1.31 bits per heavy atom. The van der Waals surface area contributed by atoms with E-state index >= 15 is 0 Å². The summed E-state index contributed by atoms with van der Waals surface area (Å²) >= 11 is 0. The zero-order chi connectivity index (χ0) is 19.1. The number of fused-ring (bicyclic) bond motifs is 1. The molecule has 0 unspecified atom stereocenters. The maximum absolute atomic E-state index is 14.7. The second-order valence-electron chi connectivity index (χ2n) is 6.23. The summed E-state index contributed by atoms with van der Waals surface area (Å²) in [4.78, 5) is 13.4. The van der Waals surface area contributed by atoms with Gasteiger partial charge >= 0.3 is 12.2 Å². The van der Waals surface area contributed by atoms with Crippen LogP contribution in [0.4, 0.5) is 28.0 Å². The number of hydrogen-bond donors (Lipinski definition) is 4. The van der Waals surface area contributed by atoms with Crippen molar-refractivity contribution in [1.82, 2.24) is 10.3 Å². The third-order valence-electron chi connectivity index (χ3n) is 4.45. The van der Waals surface area contributed by atoms with Gasteiger partial charge in [0.2, 0.25) is 0 Å². The maximum atomic E-state index is 14.7. The molecule has 1 aromatic carbocycles. The molecule has 5 nitrogen and oxygen atoms in total. The van der Waals surface area contributed by atoms with Crippen LogP contribution in [0.3, 0.4) is 0 Å². The first kappa shape index (κ1) is 18.2. The van der Waals surface area contributed by atoms with Gasteiger partial charge in [-0.25, -0.2) is 9.18 Å². The van der Waals surface area contributed by atoms with Crippen molar-refractivity contribution >= 4 is 28.7 Å². The Kier molecular flexibility index (Phi) is 4.66. The van der Waals surface area contributed by atoms with Crippen molar-refractivity contribution in [2.75, 3.05) is 18.4 Å². The molecule has 0 aliphatic carbocycles. The molecule has 140 valence electrons. The number of urea groups is 1. The minimum absolute atomic E-state index is 0.00388. The van der Waals surface area contributed by atoms with Crippen LogP contribution >= 0.6 is 0 Å². The number of aromatic amines is 1. The standard InChI is InChI=1S/C17H18F4N4O/c1-8-13-10(6-9-2-4-23-5-3-9)11(18)7-12(24-16(22)26)14(13)25-15(8)17(19,20)21/h6-7,23,25H,2-5H2,1H3,(H3,22,24,26). The fourth-order valence-corrected chi connectivity index (χ4v) is 3.28. The molecule has 0 radical (unpaired) electrons. The van der Waals surface area contributed by atoms with Gasteiger partial charge in [0.1, 0.15) is 11.5 Å². The molecule has 0 bridgehead atoms. The van der Waals surface area contributed by atoms with Crippen molar-refractivity contribution in [3.63, 3.8) is 0 Å². The topological polar surface area (TPSA) is 82.9 Å². The van der Waals surface area contributed by atoms with Gasteiger partial charge in [-0.05, 0) is 38.4 Å². The highest BCUT2D eigenvalue weighted by atomic mass is 19.4. The Balaban J connectivity index is 2.29. The average molecular weight is 370 g/mol. The minimum Gasteiger partial charge on any atom is -0.351 e. The summed E-state index contributed by atoms with van der Waals surface area (Å²) in [5.74, 6) is -0.719. The molecule has 0 atom stereocenters. The SMILES string of the molecule is Cc1c(C(F)(F)F)[nH]c2c(NC(N)=O)cc(F)c(C=C3CCNCC3)c12. The molecule has 5 N–H and O–H groups in total. The minimum atomic E-state index is -4.64. The van der Waals surface area contributed by atoms with E-state index in [0.29, 0.717) is 12.8 Å². The molecule has 2 aromatic rings. The van der Waals surface area contributed by atoms with Gasteiger partial charge in [0.25, 0.3) is 0 Å². The number of nitrogens with two attached hydrogens (primary N) is 1. The third-order valence-corrected chi connectivity index (χ3v) is 4.45. The summed E-state index contributed by atoms with van der Waals surface area (Å²) < 4.78 is 54.7. The molecule has 3 rings (SSSR count). The fraction of sp³-hybridized carbons (Fsp3) is 0.353. The van der Waals surface area contributed by atoms with Gasteiger partial charge in [0, 0.05) is 17.0 Å². The summed E-state index contributed by atoms with van der Waals surface area (Å²) in [5.41, 5.74) is 4.85. The Bertz CT molecular complexity index is 891. The highest BCUT2D eigenvalue weighted by molar-refractivity contribution is 6.04. The molecule has 0 spiro atoms. The first-order valence-corrected chi connectivity index (χ1v) is 8.07. The number of aryl methyl sites for hydroxylation is 1. The quantitative estimate of drug-likeness (QED) is 0.605. The number of anilines is 1. The average Bonchev–Trinajstić information content (AvgIpc) is 2.90. The molecule has 0 saturated carbocycles. The van der Waals surface area contributed by atoms with Crippen LogP contribution in [0, 0.1) is 12.7 Å². The van der Waals surface area contributed by atoms with E-state index in [-0.39, 0.29) is 27.7 Å². The number of halogens is 4. The lowest BCUT2D eigenvalue weighted by molar-refractivity contribution is -0.141. The molecular formula is C17H18F4N4O. The molecule has 2 amide bonds. The van der Waals surface area contributed by atoms with E-state index in [4.69, 9.17) is 5.73 Å². The smallest absolute Gasteiger partial charge is 0.351 e. The summed E-state index contributed by atoms with van der Waals surface area (Å²) in [6.07, 6.45) is -1.65. The summed E-state index contributed by atoms with van der Waals surface area (Å²) in [7, 11) is 0. The van der Waals surface area contributed by atoms with Crippen molar-refractivity contribution in [3.8, 4) is 0 Å². The fourth-order valence-electron chi connectivity index (χ4n) is 3.28. The molecule has 26 heavy (non-hydrogen) atoms. The predicted octanol–water partition coefficient (Wildman–Crippen LogP) is 3.89. The number of rotatable bonds is 2.